The molecule has 0 aliphatic rings. The number of rotatable bonds is 4. The lowest BCUT2D eigenvalue weighted by Gasteiger charge is -2.38. The van der Waals surface area contributed by atoms with E-state index < -0.39 is 40.4 Å². The molecule has 0 aliphatic heterocycles. The van der Waals surface area contributed by atoms with Gasteiger partial charge in [0.05, 0.1) is 0 Å². The summed E-state index contributed by atoms with van der Waals surface area (Å²) >= 11 is 11.8. The number of phenols is 4. The van der Waals surface area contributed by atoms with Gasteiger partial charge in [-0.2, -0.15) is 26.3 Å². The fourth-order valence-electron chi connectivity index (χ4n) is 4.05. The average molecular weight is 617 g/mol. The zero-order valence-corrected chi connectivity index (χ0v) is 22.1. The molecular weight excluding hydrogens is 597 g/mol. The van der Waals surface area contributed by atoms with Crippen LogP contribution in [0.3, 0.4) is 0 Å². The number of aromatic hydroxyl groups is 4. The highest BCUT2D eigenvalue weighted by Gasteiger charge is 2.72. The zero-order chi connectivity index (χ0) is 30.6. The molecule has 0 atom stereocenters. The third-order valence-corrected chi connectivity index (χ3v) is 6.33. The Kier molecular flexibility index (Phi) is 9.40. The van der Waals surface area contributed by atoms with Crippen molar-refractivity contribution in [3.63, 3.8) is 0 Å². The van der Waals surface area contributed by atoms with Crippen LogP contribution in [0.2, 0.25) is 0 Å². The summed E-state index contributed by atoms with van der Waals surface area (Å²) in [6.07, 6.45) is -11.4. The van der Waals surface area contributed by atoms with Crippen molar-refractivity contribution in [2.24, 2.45) is 0 Å². The summed E-state index contributed by atoms with van der Waals surface area (Å²) in [6.45, 7) is 0. The largest absolute Gasteiger partial charge is 0.508 e. The van der Waals surface area contributed by atoms with E-state index in [2.05, 4.69) is 0 Å². The predicted octanol–water partition coefficient (Wildman–Crippen LogP) is 8.80. The molecule has 0 amide bonds. The second-order valence-corrected chi connectivity index (χ2v) is 9.52. The minimum atomic E-state index is -5.70. The Balaban J connectivity index is 0.000000232. The van der Waals surface area contributed by atoms with Crippen LogP contribution in [0.5, 0.6) is 23.0 Å². The van der Waals surface area contributed by atoms with Crippen LogP contribution in [0.4, 0.5) is 26.3 Å². The molecule has 4 aromatic carbocycles. The first-order chi connectivity index (χ1) is 19.1. The first kappa shape index (κ1) is 31.5. The van der Waals surface area contributed by atoms with E-state index in [1.807, 2.05) is 0 Å². The van der Waals surface area contributed by atoms with Gasteiger partial charge in [0.15, 0.2) is 0 Å². The molecule has 0 aliphatic carbocycles. The quantitative estimate of drug-likeness (QED) is 0.173. The van der Waals surface area contributed by atoms with Gasteiger partial charge in [-0.3, -0.25) is 0 Å². The van der Waals surface area contributed by atoms with Gasteiger partial charge in [-0.25, -0.2) is 0 Å². The molecule has 41 heavy (non-hydrogen) atoms. The van der Waals surface area contributed by atoms with Gasteiger partial charge in [0.1, 0.15) is 27.5 Å². The Morgan fingerprint density at radius 1 is 0.439 bits per heavy atom. The highest BCUT2D eigenvalue weighted by atomic mass is 35.5. The lowest BCUT2D eigenvalue weighted by Crippen LogP contribution is -2.54. The molecule has 0 unspecified atom stereocenters. The van der Waals surface area contributed by atoms with E-state index in [-0.39, 0.29) is 16.0 Å². The van der Waals surface area contributed by atoms with Crippen molar-refractivity contribution in [3.8, 4) is 23.0 Å². The summed E-state index contributed by atoms with van der Waals surface area (Å²) in [7, 11) is 0. The Morgan fingerprint density at radius 3 is 0.902 bits per heavy atom. The van der Waals surface area contributed by atoms with E-state index in [1.165, 1.54) is 0 Å². The molecule has 0 spiro atoms. The summed E-state index contributed by atoms with van der Waals surface area (Å²) in [4.78, 5) is 0. The number of halogens is 8. The van der Waals surface area contributed by atoms with Gasteiger partial charge >= 0.3 is 12.4 Å². The number of hydrogen-bond donors (Lipinski definition) is 4. The van der Waals surface area contributed by atoms with Crippen molar-refractivity contribution in [1.29, 1.82) is 0 Å². The maximum Gasteiger partial charge on any atom is 0.411 e. The van der Waals surface area contributed by atoms with Crippen molar-refractivity contribution in [2.75, 3.05) is 0 Å². The van der Waals surface area contributed by atoms with Crippen molar-refractivity contribution in [2.45, 2.75) is 17.8 Å². The Morgan fingerprint density at radius 2 is 0.683 bits per heavy atom. The van der Waals surface area contributed by atoms with Crippen molar-refractivity contribution in [1.82, 2.24) is 0 Å². The fourth-order valence-corrected chi connectivity index (χ4v) is 4.48. The summed E-state index contributed by atoms with van der Waals surface area (Å²) in [6, 6.07) is 18.4. The highest BCUT2D eigenvalue weighted by molar-refractivity contribution is 6.59. The van der Waals surface area contributed by atoms with E-state index in [9.17, 15) is 36.6 Å². The van der Waals surface area contributed by atoms with Crippen LogP contribution in [0.25, 0.3) is 5.57 Å². The predicted molar refractivity (Wildman–Crippen MR) is 143 cm³/mol. The van der Waals surface area contributed by atoms with E-state index in [1.54, 1.807) is 48.5 Å². The zero-order valence-electron chi connectivity index (χ0n) is 20.6. The van der Waals surface area contributed by atoms with Crippen molar-refractivity contribution in [3.05, 3.63) is 124 Å². The molecule has 0 saturated heterocycles. The normalized spacial score (nSPS) is 11.8. The third-order valence-electron chi connectivity index (χ3n) is 5.95. The molecule has 0 bridgehead atoms. The maximum atomic E-state index is 13.6. The van der Waals surface area contributed by atoms with Crippen LogP contribution in [-0.4, -0.2) is 32.8 Å². The van der Waals surface area contributed by atoms with Crippen molar-refractivity contribution < 1.29 is 46.8 Å². The van der Waals surface area contributed by atoms with Gasteiger partial charge in [0, 0.05) is 5.57 Å². The molecule has 0 radical (unpaired) electrons. The van der Waals surface area contributed by atoms with Crippen molar-refractivity contribution >= 4 is 28.8 Å². The second-order valence-electron chi connectivity index (χ2n) is 8.57. The Bertz CT molecular complexity index is 1370. The third kappa shape index (κ3) is 6.83. The van der Waals surface area contributed by atoms with E-state index in [0.29, 0.717) is 29.8 Å². The molecule has 0 heterocycles. The molecule has 216 valence electrons. The molecule has 12 heteroatoms. The molecule has 4 N–H and O–H groups in total. The summed E-state index contributed by atoms with van der Waals surface area (Å²) in [5.41, 5.74) is -4.21. The van der Waals surface area contributed by atoms with Crippen LogP contribution in [0.1, 0.15) is 22.3 Å². The topological polar surface area (TPSA) is 80.9 Å². The van der Waals surface area contributed by atoms with Gasteiger partial charge in [-0.1, -0.05) is 71.7 Å². The monoisotopic (exact) mass is 616 g/mol. The van der Waals surface area contributed by atoms with Crippen LogP contribution in [-0.2, 0) is 5.41 Å². The standard InChI is InChI=1S/C15H10F6O2.C14H10Cl2O2/c16-14(17,18)13(15(19,20)21,9-1-5-11(22)6-2-9)10-3-7-12(23)8-4-10;15-14(16)13(9-1-5-11(17)6-2-9)10-3-7-12(18)8-4-10/h1-8,22-23H;1-8,17-18H. The molecule has 4 aromatic rings. The summed E-state index contributed by atoms with van der Waals surface area (Å²) < 4.78 is 81.7. The first-order valence-electron chi connectivity index (χ1n) is 11.4. The lowest BCUT2D eigenvalue weighted by atomic mass is 9.73. The number of phenolic OH excluding ortho intramolecular Hbond substituents is 4. The second kappa shape index (κ2) is 12.2. The summed E-state index contributed by atoms with van der Waals surface area (Å²) in [5, 5.41) is 36.8. The van der Waals surface area contributed by atoms with Gasteiger partial charge in [-0.15, -0.1) is 0 Å². The minimum absolute atomic E-state index is 0.131. The minimum Gasteiger partial charge on any atom is -0.508 e. The molecule has 0 fully saturated rings. The number of hydrogen-bond acceptors (Lipinski definition) is 4. The Hall–Kier alpha value is -4.02. The van der Waals surface area contributed by atoms with Gasteiger partial charge in [0.25, 0.3) is 0 Å². The van der Waals surface area contributed by atoms with Crippen LogP contribution in [0.15, 0.2) is 102 Å². The SMILES string of the molecule is Oc1ccc(C(=C(Cl)Cl)c2ccc(O)cc2)cc1.Oc1ccc(C(c2ccc(O)cc2)(C(F)(F)F)C(F)(F)F)cc1. The lowest BCUT2D eigenvalue weighted by molar-refractivity contribution is -0.288. The van der Waals surface area contributed by atoms with E-state index in [4.69, 9.17) is 33.4 Å². The summed E-state index contributed by atoms with van der Waals surface area (Å²) in [5.74, 6) is -0.570. The van der Waals surface area contributed by atoms with Gasteiger partial charge in [-0.05, 0) is 70.8 Å². The van der Waals surface area contributed by atoms with Gasteiger partial charge in [0.2, 0.25) is 5.41 Å². The van der Waals surface area contributed by atoms with E-state index >= 15 is 0 Å². The molecule has 4 nitrogen and oxygen atoms in total. The first-order valence-corrected chi connectivity index (χ1v) is 12.2. The highest BCUT2D eigenvalue weighted by Crippen LogP contribution is 2.56. The smallest absolute Gasteiger partial charge is 0.411 e. The molecule has 4 rings (SSSR count). The molecule has 0 aromatic heterocycles. The molecular formula is C29H20Cl2F6O4. The maximum absolute atomic E-state index is 13.6. The van der Waals surface area contributed by atoms with Gasteiger partial charge < -0.3 is 20.4 Å². The van der Waals surface area contributed by atoms with Crippen LogP contribution >= 0.6 is 23.2 Å². The average Bonchev–Trinajstić information content (AvgIpc) is 2.88. The fraction of sp³-hybridized carbons (Fsp3) is 0.103. The van der Waals surface area contributed by atoms with E-state index in [0.717, 1.165) is 35.4 Å². The molecule has 0 saturated carbocycles. The van der Waals surface area contributed by atoms with Crippen LogP contribution < -0.4 is 0 Å². The number of alkyl halides is 6. The van der Waals surface area contributed by atoms with Crippen LogP contribution in [0, 0.1) is 0 Å². The Labute approximate surface area is 240 Å². The number of benzene rings is 4.